The van der Waals surface area contributed by atoms with Crippen LogP contribution in [0.4, 0.5) is 0 Å². The summed E-state index contributed by atoms with van der Waals surface area (Å²) in [5.74, 6) is -0.0944. The van der Waals surface area contributed by atoms with Crippen LogP contribution in [0.25, 0.3) is 11.0 Å². The number of aromatic amines is 2. The number of aryl methyl sites for hydroxylation is 1. The van der Waals surface area contributed by atoms with Gasteiger partial charge in [0.15, 0.2) is 0 Å². The van der Waals surface area contributed by atoms with Gasteiger partial charge in [0.1, 0.15) is 11.5 Å². The summed E-state index contributed by atoms with van der Waals surface area (Å²) < 4.78 is 4.77. The Morgan fingerprint density at radius 1 is 1.20 bits per heavy atom. The van der Waals surface area contributed by atoms with E-state index < -0.39 is 5.97 Å². The monoisotopic (exact) mass is 340 g/mol. The Balaban J connectivity index is 1.83. The van der Waals surface area contributed by atoms with Crippen LogP contribution < -0.4 is 5.32 Å². The molecule has 2 heterocycles. The molecule has 0 aliphatic heterocycles. The van der Waals surface area contributed by atoms with Crippen molar-refractivity contribution in [3.63, 3.8) is 0 Å². The van der Waals surface area contributed by atoms with Crippen molar-refractivity contribution in [2.45, 2.75) is 26.8 Å². The van der Waals surface area contributed by atoms with Gasteiger partial charge in [0.2, 0.25) is 0 Å². The zero-order valence-electron chi connectivity index (χ0n) is 14.6. The number of ether oxygens (including phenoxy) is 1. The predicted octanol–water partition coefficient (Wildman–Crippen LogP) is 2.79. The van der Waals surface area contributed by atoms with E-state index in [0.717, 1.165) is 11.0 Å². The molecule has 3 aromatic rings. The van der Waals surface area contributed by atoms with Crippen LogP contribution >= 0.6 is 0 Å². The number of H-pyrrole nitrogens is 2. The first kappa shape index (κ1) is 16.8. The quantitative estimate of drug-likeness (QED) is 0.636. The van der Waals surface area contributed by atoms with Crippen molar-refractivity contribution in [1.82, 2.24) is 20.3 Å². The third-order valence-corrected chi connectivity index (χ3v) is 4.22. The Morgan fingerprint density at radius 3 is 2.60 bits per heavy atom. The highest BCUT2D eigenvalue weighted by Crippen LogP contribution is 2.20. The van der Waals surface area contributed by atoms with Crippen LogP contribution in [0.1, 0.15) is 50.9 Å². The molecule has 7 heteroatoms. The van der Waals surface area contributed by atoms with Crippen molar-refractivity contribution in [3.05, 3.63) is 52.6 Å². The van der Waals surface area contributed by atoms with Gasteiger partial charge < -0.3 is 20.0 Å². The lowest BCUT2D eigenvalue weighted by molar-refractivity contribution is 0.0599. The number of aromatic nitrogens is 3. The van der Waals surface area contributed by atoms with Gasteiger partial charge in [-0.2, -0.15) is 0 Å². The van der Waals surface area contributed by atoms with Gasteiger partial charge in [-0.1, -0.05) is 12.1 Å². The molecule has 1 atom stereocenters. The Bertz CT molecular complexity index is 922. The number of imidazole rings is 1. The number of amides is 1. The molecule has 0 aliphatic rings. The van der Waals surface area contributed by atoms with Gasteiger partial charge in [0.25, 0.3) is 5.91 Å². The number of rotatable bonds is 4. The van der Waals surface area contributed by atoms with E-state index >= 15 is 0 Å². The number of carbonyl (C=O) groups is 2. The van der Waals surface area contributed by atoms with E-state index in [1.807, 2.05) is 31.2 Å². The minimum Gasteiger partial charge on any atom is -0.465 e. The van der Waals surface area contributed by atoms with Crippen LogP contribution in [0.3, 0.4) is 0 Å². The lowest BCUT2D eigenvalue weighted by atomic mass is 10.1. The Kier molecular flexibility index (Phi) is 4.31. The molecular weight excluding hydrogens is 320 g/mol. The van der Waals surface area contributed by atoms with E-state index in [-0.39, 0.29) is 11.9 Å². The Labute approximate surface area is 144 Å². The summed E-state index contributed by atoms with van der Waals surface area (Å²) in [4.78, 5) is 35.1. The average molecular weight is 340 g/mol. The number of nitrogens with one attached hydrogen (secondary N) is 3. The van der Waals surface area contributed by atoms with Gasteiger partial charge in [0, 0.05) is 5.69 Å². The molecule has 0 fully saturated rings. The summed E-state index contributed by atoms with van der Waals surface area (Å²) in [5.41, 5.74) is 3.67. The van der Waals surface area contributed by atoms with Gasteiger partial charge >= 0.3 is 5.97 Å². The number of nitrogens with zero attached hydrogens (tertiary/aromatic N) is 1. The van der Waals surface area contributed by atoms with Crippen LogP contribution in [-0.4, -0.2) is 33.9 Å². The largest absolute Gasteiger partial charge is 0.465 e. The van der Waals surface area contributed by atoms with Crippen LogP contribution in [0.2, 0.25) is 0 Å². The molecule has 3 N–H and O–H groups in total. The summed E-state index contributed by atoms with van der Waals surface area (Å²) in [6.07, 6.45) is 0. The molecule has 0 radical (unpaired) electrons. The van der Waals surface area contributed by atoms with Crippen LogP contribution in [0.5, 0.6) is 0 Å². The number of para-hydroxylation sites is 2. The SMILES string of the molecule is COC(=O)c1c(C)[nH]c(C(=O)NC(C)c2nc3ccccc3[nH]2)c1C. The van der Waals surface area contributed by atoms with Crippen molar-refractivity contribution in [2.24, 2.45) is 0 Å². The van der Waals surface area contributed by atoms with E-state index in [4.69, 9.17) is 4.74 Å². The second-order valence-corrected chi connectivity index (χ2v) is 5.95. The Hall–Kier alpha value is -3.09. The smallest absolute Gasteiger partial charge is 0.339 e. The van der Waals surface area contributed by atoms with Crippen LogP contribution in [0, 0.1) is 13.8 Å². The number of fused-ring (bicyclic) bond motifs is 1. The number of carbonyl (C=O) groups excluding carboxylic acids is 2. The molecule has 0 aliphatic carbocycles. The van der Waals surface area contributed by atoms with E-state index in [2.05, 4.69) is 20.3 Å². The first-order valence-corrected chi connectivity index (χ1v) is 7.95. The normalized spacial score (nSPS) is 12.2. The molecule has 1 unspecified atom stereocenters. The first-order chi connectivity index (χ1) is 11.9. The van der Waals surface area contributed by atoms with Gasteiger partial charge in [-0.05, 0) is 38.5 Å². The number of benzene rings is 1. The fourth-order valence-electron chi connectivity index (χ4n) is 2.90. The highest BCUT2D eigenvalue weighted by atomic mass is 16.5. The standard InChI is InChI=1S/C18H20N4O3/c1-9-14(18(24)25-4)10(2)19-15(9)17(23)20-11(3)16-21-12-7-5-6-8-13(12)22-16/h5-8,11,19H,1-4H3,(H,20,23)(H,21,22). The van der Waals surface area contributed by atoms with E-state index in [9.17, 15) is 9.59 Å². The topological polar surface area (TPSA) is 99.9 Å². The predicted molar refractivity (Wildman–Crippen MR) is 93.6 cm³/mol. The third-order valence-electron chi connectivity index (χ3n) is 4.22. The second kappa shape index (κ2) is 6.43. The fourth-order valence-corrected chi connectivity index (χ4v) is 2.90. The van der Waals surface area contributed by atoms with E-state index in [1.54, 1.807) is 13.8 Å². The molecule has 0 bridgehead atoms. The minimum absolute atomic E-state index is 0.302. The summed E-state index contributed by atoms with van der Waals surface area (Å²) in [7, 11) is 1.32. The van der Waals surface area contributed by atoms with Gasteiger partial charge in [0.05, 0.1) is 29.7 Å². The molecule has 0 saturated carbocycles. The molecular formula is C18H20N4O3. The summed E-state index contributed by atoms with van der Waals surface area (Å²) in [5, 5.41) is 2.90. The number of esters is 1. The van der Waals surface area contributed by atoms with Crippen molar-refractivity contribution in [1.29, 1.82) is 0 Å². The first-order valence-electron chi connectivity index (χ1n) is 7.95. The minimum atomic E-state index is -0.462. The maximum absolute atomic E-state index is 12.6. The maximum atomic E-state index is 12.6. The summed E-state index contributed by atoms with van der Waals surface area (Å²) in [6, 6.07) is 7.36. The molecule has 130 valence electrons. The Morgan fingerprint density at radius 2 is 1.92 bits per heavy atom. The second-order valence-electron chi connectivity index (χ2n) is 5.95. The van der Waals surface area contributed by atoms with Gasteiger partial charge in [-0.15, -0.1) is 0 Å². The van der Waals surface area contributed by atoms with Gasteiger partial charge in [-0.25, -0.2) is 9.78 Å². The highest BCUT2D eigenvalue weighted by Gasteiger charge is 2.24. The van der Waals surface area contributed by atoms with E-state index in [0.29, 0.717) is 28.3 Å². The van der Waals surface area contributed by atoms with Crippen molar-refractivity contribution in [2.75, 3.05) is 7.11 Å². The molecule has 0 saturated heterocycles. The summed E-state index contributed by atoms with van der Waals surface area (Å²) >= 11 is 0. The number of hydrogen-bond acceptors (Lipinski definition) is 4. The lowest BCUT2D eigenvalue weighted by Gasteiger charge is -2.11. The van der Waals surface area contributed by atoms with Crippen molar-refractivity contribution in [3.8, 4) is 0 Å². The van der Waals surface area contributed by atoms with Crippen molar-refractivity contribution >= 4 is 22.9 Å². The number of methoxy groups -OCH3 is 1. The fraction of sp³-hybridized carbons (Fsp3) is 0.278. The molecule has 25 heavy (non-hydrogen) atoms. The molecule has 3 rings (SSSR count). The highest BCUT2D eigenvalue weighted by molar-refractivity contribution is 6.00. The zero-order valence-corrected chi connectivity index (χ0v) is 14.6. The molecule has 1 amide bonds. The van der Waals surface area contributed by atoms with E-state index in [1.165, 1.54) is 7.11 Å². The molecule has 1 aromatic carbocycles. The third kappa shape index (κ3) is 3.00. The average Bonchev–Trinajstić information content (AvgIpc) is 3.15. The van der Waals surface area contributed by atoms with Gasteiger partial charge in [-0.3, -0.25) is 4.79 Å². The van der Waals surface area contributed by atoms with Crippen LogP contribution in [-0.2, 0) is 4.74 Å². The molecule has 0 spiro atoms. The zero-order chi connectivity index (χ0) is 18.1. The van der Waals surface area contributed by atoms with Crippen LogP contribution in [0.15, 0.2) is 24.3 Å². The summed E-state index contributed by atoms with van der Waals surface area (Å²) in [6.45, 7) is 5.30. The lowest BCUT2D eigenvalue weighted by Crippen LogP contribution is -2.28. The van der Waals surface area contributed by atoms with Crippen molar-refractivity contribution < 1.29 is 14.3 Å². The number of hydrogen-bond donors (Lipinski definition) is 3. The maximum Gasteiger partial charge on any atom is 0.339 e. The molecule has 7 nitrogen and oxygen atoms in total. The molecule has 2 aromatic heterocycles.